The monoisotopic (exact) mass is 253 g/mol. The summed E-state index contributed by atoms with van der Waals surface area (Å²) in [6.45, 7) is 0.284. The van der Waals surface area contributed by atoms with Crippen molar-refractivity contribution >= 4 is 16.7 Å². The minimum absolute atomic E-state index is 0.284. The highest BCUT2D eigenvalue weighted by Crippen LogP contribution is 2.36. The molecule has 19 heavy (non-hydrogen) atoms. The molecule has 0 fully saturated rings. The molecule has 5 nitrogen and oxygen atoms in total. The van der Waals surface area contributed by atoms with Crippen molar-refractivity contribution < 1.29 is 9.47 Å². The number of nitrogens with one attached hydrogen (secondary N) is 1. The first-order valence-corrected chi connectivity index (χ1v) is 5.95. The van der Waals surface area contributed by atoms with E-state index in [0.29, 0.717) is 5.82 Å². The summed E-state index contributed by atoms with van der Waals surface area (Å²) in [5.41, 5.74) is 8.89. The lowest BCUT2D eigenvalue weighted by Crippen LogP contribution is -1.92. The van der Waals surface area contributed by atoms with E-state index in [9.17, 15) is 0 Å². The number of nitrogens with zero attached hydrogens (tertiary/aromatic N) is 1. The van der Waals surface area contributed by atoms with Gasteiger partial charge < -0.3 is 15.2 Å². The fourth-order valence-corrected chi connectivity index (χ4v) is 2.29. The van der Waals surface area contributed by atoms with E-state index in [1.54, 1.807) is 0 Å². The normalized spacial score (nSPS) is 13.1. The second-order valence-electron chi connectivity index (χ2n) is 4.44. The number of anilines is 1. The van der Waals surface area contributed by atoms with Crippen molar-refractivity contribution in [2.75, 3.05) is 12.5 Å². The zero-order valence-corrected chi connectivity index (χ0v) is 10.0. The number of hydrogen-bond donors (Lipinski definition) is 2. The number of rotatable bonds is 1. The summed E-state index contributed by atoms with van der Waals surface area (Å²) < 4.78 is 10.7. The van der Waals surface area contributed by atoms with Gasteiger partial charge in [-0.05, 0) is 35.4 Å². The van der Waals surface area contributed by atoms with Crippen molar-refractivity contribution in [1.82, 2.24) is 10.2 Å². The minimum atomic E-state index is 0.284. The second-order valence-corrected chi connectivity index (χ2v) is 4.44. The molecule has 94 valence electrons. The quantitative estimate of drug-likeness (QED) is 0.699. The molecule has 0 bridgehead atoms. The van der Waals surface area contributed by atoms with Crippen LogP contribution in [0.25, 0.3) is 22.0 Å². The molecule has 3 aromatic rings. The van der Waals surface area contributed by atoms with Gasteiger partial charge in [0.15, 0.2) is 17.3 Å². The Morgan fingerprint density at radius 1 is 1.00 bits per heavy atom. The Labute approximate surface area is 108 Å². The Hall–Kier alpha value is -2.69. The van der Waals surface area contributed by atoms with Crippen LogP contribution < -0.4 is 15.2 Å². The average molecular weight is 253 g/mol. The zero-order chi connectivity index (χ0) is 12.8. The van der Waals surface area contributed by atoms with Crippen molar-refractivity contribution in [3.05, 3.63) is 36.4 Å². The van der Waals surface area contributed by atoms with Crippen molar-refractivity contribution in [3.8, 4) is 22.6 Å². The molecule has 0 radical (unpaired) electrons. The molecule has 0 saturated carbocycles. The van der Waals surface area contributed by atoms with E-state index < -0.39 is 0 Å². The number of fused-ring (bicyclic) bond motifs is 2. The molecule has 5 heteroatoms. The standard InChI is InChI=1S/C14H11N3O2/c15-14-10-5-8(1-3-11(10)16-17-14)9-2-4-12-13(6-9)19-7-18-12/h1-6H,7H2,(H3,15,16,17). The Morgan fingerprint density at radius 2 is 1.79 bits per heavy atom. The zero-order valence-electron chi connectivity index (χ0n) is 10.0. The van der Waals surface area contributed by atoms with E-state index in [0.717, 1.165) is 33.5 Å². The lowest BCUT2D eigenvalue weighted by molar-refractivity contribution is 0.174. The van der Waals surface area contributed by atoms with Gasteiger partial charge in [-0.2, -0.15) is 5.10 Å². The number of aromatic amines is 1. The minimum Gasteiger partial charge on any atom is -0.454 e. The summed E-state index contributed by atoms with van der Waals surface area (Å²) in [5.74, 6) is 2.07. The second kappa shape index (κ2) is 3.65. The first kappa shape index (κ1) is 10.3. The van der Waals surface area contributed by atoms with Crippen LogP contribution in [-0.4, -0.2) is 17.0 Å². The molecule has 3 N–H and O–H groups in total. The summed E-state index contributed by atoms with van der Waals surface area (Å²) in [6, 6.07) is 11.9. The highest BCUT2D eigenvalue weighted by Gasteiger charge is 2.14. The topological polar surface area (TPSA) is 73.2 Å². The van der Waals surface area contributed by atoms with Crippen LogP contribution in [0, 0.1) is 0 Å². The van der Waals surface area contributed by atoms with Crippen LogP contribution in [0.3, 0.4) is 0 Å². The number of hydrogen-bond acceptors (Lipinski definition) is 4. The Balaban J connectivity index is 1.87. The van der Waals surface area contributed by atoms with E-state index in [2.05, 4.69) is 10.2 Å². The summed E-state index contributed by atoms with van der Waals surface area (Å²) >= 11 is 0. The van der Waals surface area contributed by atoms with Gasteiger partial charge in [0.25, 0.3) is 0 Å². The first-order valence-electron chi connectivity index (χ1n) is 5.95. The third-order valence-corrected chi connectivity index (χ3v) is 3.30. The molecule has 4 rings (SSSR count). The molecule has 0 aliphatic carbocycles. The van der Waals surface area contributed by atoms with Crippen LogP contribution >= 0.6 is 0 Å². The molecule has 2 heterocycles. The molecule has 1 aliphatic rings. The lowest BCUT2D eigenvalue weighted by atomic mass is 10.0. The maximum Gasteiger partial charge on any atom is 0.231 e. The SMILES string of the molecule is Nc1n[nH]c2ccc(-c3ccc4c(c3)OCO4)cc12. The maximum atomic E-state index is 5.83. The van der Waals surface area contributed by atoms with Crippen LogP contribution in [0.4, 0.5) is 5.82 Å². The predicted octanol–water partition coefficient (Wildman–Crippen LogP) is 2.54. The number of nitrogen functional groups attached to an aromatic ring is 1. The van der Waals surface area contributed by atoms with Gasteiger partial charge in [0.1, 0.15) is 0 Å². The lowest BCUT2D eigenvalue weighted by Gasteiger charge is -2.03. The van der Waals surface area contributed by atoms with Gasteiger partial charge in [0, 0.05) is 5.39 Å². The van der Waals surface area contributed by atoms with Gasteiger partial charge in [-0.25, -0.2) is 0 Å². The van der Waals surface area contributed by atoms with Crippen molar-refractivity contribution in [1.29, 1.82) is 0 Å². The third-order valence-electron chi connectivity index (χ3n) is 3.30. The van der Waals surface area contributed by atoms with E-state index in [1.165, 1.54) is 0 Å². The molecule has 1 aliphatic heterocycles. The molecule has 0 unspecified atom stereocenters. The number of ether oxygens (including phenoxy) is 2. The number of nitrogens with two attached hydrogens (primary N) is 1. The van der Waals surface area contributed by atoms with E-state index >= 15 is 0 Å². The van der Waals surface area contributed by atoms with Crippen LogP contribution in [-0.2, 0) is 0 Å². The van der Waals surface area contributed by atoms with E-state index in [4.69, 9.17) is 15.2 Å². The first-order chi connectivity index (χ1) is 9.31. The summed E-state index contributed by atoms with van der Waals surface area (Å²) in [4.78, 5) is 0. The van der Waals surface area contributed by atoms with Crippen LogP contribution in [0.1, 0.15) is 0 Å². The summed E-state index contributed by atoms with van der Waals surface area (Å²) in [7, 11) is 0. The van der Waals surface area contributed by atoms with E-state index in [1.807, 2.05) is 36.4 Å². The van der Waals surface area contributed by atoms with Crippen molar-refractivity contribution in [2.24, 2.45) is 0 Å². The summed E-state index contributed by atoms with van der Waals surface area (Å²) in [5, 5.41) is 7.81. The van der Waals surface area contributed by atoms with Crippen LogP contribution in [0.2, 0.25) is 0 Å². The molecule has 2 aromatic carbocycles. The van der Waals surface area contributed by atoms with Gasteiger partial charge in [-0.15, -0.1) is 0 Å². The Kier molecular flexibility index (Phi) is 1.97. The molecule has 1 aromatic heterocycles. The highest BCUT2D eigenvalue weighted by atomic mass is 16.7. The van der Waals surface area contributed by atoms with Gasteiger partial charge in [-0.3, -0.25) is 5.10 Å². The molecular weight excluding hydrogens is 242 g/mol. The van der Waals surface area contributed by atoms with Crippen molar-refractivity contribution in [3.63, 3.8) is 0 Å². The Bertz CT molecular complexity index is 779. The van der Waals surface area contributed by atoms with Gasteiger partial charge in [0.05, 0.1) is 5.52 Å². The smallest absolute Gasteiger partial charge is 0.231 e. The fourth-order valence-electron chi connectivity index (χ4n) is 2.29. The highest BCUT2D eigenvalue weighted by molar-refractivity contribution is 5.92. The van der Waals surface area contributed by atoms with Gasteiger partial charge >= 0.3 is 0 Å². The summed E-state index contributed by atoms with van der Waals surface area (Å²) in [6.07, 6.45) is 0. The van der Waals surface area contributed by atoms with E-state index in [-0.39, 0.29) is 6.79 Å². The molecule has 0 spiro atoms. The number of H-pyrrole nitrogens is 1. The Morgan fingerprint density at radius 3 is 2.74 bits per heavy atom. The van der Waals surface area contributed by atoms with Gasteiger partial charge in [0.2, 0.25) is 6.79 Å². The van der Waals surface area contributed by atoms with Crippen LogP contribution in [0.15, 0.2) is 36.4 Å². The molecule has 0 atom stereocenters. The molecule has 0 saturated heterocycles. The predicted molar refractivity (Wildman–Crippen MR) is 72.1 cm³/mol. The van der Waals surface area contributed by atoms with Crippen molar-refractivity contribution in [2.45, 2.75) is 0 Å². The van der Waals surface area contributed by atoms with Gasteiger partial charge in [-0.1, -0.05) is 12.1 Å². The van der Waals surface area contributed by atoms with Crippen LogP contribution in [0.5, 0.6) is 11.5 Å². The molecular formula is C14H11N3O2. The average Bonchev–Trinajstić information content (AvgIpc) is 3.05. The molecule has 0 amide bonds. The number of benzene rings is 2. The number of aromatic nitrogens is 2. The largest absolute Gasteiger partial charge is 0.454 e. The fraction of sp³-hybridized carbons (Fsp3) is 0.0714. The maximum absolute atomic E-state index is 5.83. The third kappa shape index (κ3) is 1.52.